The van der Waals surface area contributed by atoms with Crippen molar-refractivity contribution in [2.75, 3.05) is 20.1 Å². The zero-order valence-electron chi connectivity index (χ0n) is 11.3. The fourth-order valence-electron chi connectivity index (χ4n) is 2.12. The number of hydrogen-bond donors (Lipinski definition) is 1. The molecule has 6 nitrogen and oxygen atoms in total. The van der Waals surface area contributed by atoms with Crippen molar-refractivity contribution in [3.8, 4) is 0 Å². The van der Waals surface area contributed by atoms with E-state index < -0.39 is 21.4 Å². The SMILES string of the molecule is CNS(=O)(=O)C1CCN(C(=O)OCc2ccccc2)C1. The summed E-state index contributed by atoms with van der Waals surface area (Å²) in [7, 11) is -1.95. The molecule has 20 heavy (non-hydrogen) atoms. The van der Waals surface area contributed by atoms with Gasteiger partial charge in [-0.05, 0) is 19.0 Å². The smallest absolute Gasteiger partial charge is 0.410 e. The predicted octanol–water partition coefficient (Wildman–Crippen LogP) is 0.947. The molecule has 0 aromatic heterocycles. The largest absolute Gasteiger partial charge is 0.445 e. The Morgan fingerprint density at radius 2 is 2.10 bits per heavy atom. The molecule has 0 bridgehead atoms. The van der Waals surface area contributed by atoms with Gasteiger partial charge >= 0.3 is 6.09 Å². The topological polar surface area (TPSA) is 75.7 Å². The lowest BCUT2D eigenvalue weighted by atomic mass is 10.2. The Hall–Kier alpha value is -1.60. The lowest BCUT2D eigenvalue weighted by Gasteiger charge is -2.16. The van der Waals surface area contributed by atoms with Crippen LogP contribution in [-0.2, 0) is 21.4 Å². The second kappa shape index (κ2) is 6.23. The molecule has 1 unspecified atom stereocenters. The molecule has 1 saturated heterocycles. The normalized spacial score (nSPS) is 19.1. The summed E-state index contributed by atoms with van der Waals surface area (Å²) in [5.41, 5.74) is 0.902. The number of sulfonamides is 1. The summed E-state index contributed by atoms with van der Waals surface area (Å²) in [5.74, 6) is 0. The summed E-state index contributed by atoms with van der Waals surface area (Å²) in [6.07, 6.45) is -0.0356. The number of benzene rings is 1. The second-order valence-corrected chi connectivity index (χ2v) is 6.81. The molecule has 1 aliphatic rings. The summed E-state index contributed by atoms with van der Waals surface area (Å²) in [6.45, 7) is 0.773. The van der Waals surface area contributed by atoms with Crippen molar-refractivity contribution in [2.45, 2.75) is 18.3 Å². The van der Waals surface area contributed by atoms with Crippen LogP contribution in [0.2, 0.25) is 0 Å². The number of rotatable bonds is 4. The Morgan fingerprint density at radius 3 is 2.75 bits per heavy atom. The van der Waals surface area contributed by atoms with Gasteiger partial charge in [-0.25, -0.2) is 17.9 Å². The molecule has 1 aliphatic heterocycles. The Kier molecular flexibility index (Phi) is 4.61. The molecule has 110 valence electrons. The molecule has 0 spiro atoms. The zero-order valence-corrected chi connectivity index (χ0v) is 12.1. The van der Waals surface area contributed by atoms with E-state index in [1.165, 1.54) is 11.9 Å². The molecule has 0 radical (unpaired) electrons. The summed E-state index contributed by atoms with van der Waals surface area (Å²) in [4.78, 5) is 13.3. The highest BCUT2D eigenvalue weighted by Gasteiger charge is 2.34. The van der Waals surface area contributed by atoms with Gasteiger partial charge in [0, 0.05) is 13.1 Å². The highest BCUT2D eigenvalue weighted by atomic mass is 32.2. The van der Waals surface area contributed by atoms with Gasteiger partial charge in [0.1, 0.15) is 6.61 Å². The van der Waals surface area contributed by atoms with Crippen LogP contribution in [0.15, 0.2) is 30.3 Å². The van der Waals surface area contributed by atoms with E-state index in [0.717, 1.165) is 5.56 Å². The van der Waals surface area contributed by atoms with Gasteiger partial charge in [0.15, 0.2) is 0 Å². The van der Waals surface area contributed by atoms with Gasteiger partial charge in [0.2, 0.25) is 10.0 Å². The zero-order chi connectivity index (χ0) is 14.6. The maximum Gasteiger partial charge on any atom is 0.410 e. The summed E-state index contributed by atoms with van der Waals surface area (Å²) in [5, 5.41) is -0.559. The van der Waals surface area contributed by atoms with Gasteiger partial charge in [0.05, 0.1) is 5.25 Å². The van der Waals surface area contributed by atoms with Crippen molar-refractivity contribution in [2.24, 2.45) is 0 Å². The first-order valence-corrected chi connectivity index (χ1v) is 7.95. The van der Waals surface area contributed by atoms with Crippen LogP contribution in [0.1, 0.15) is 12.0 Å². The molecule has 2 rings (SSSR count). The molecular formula is C13H18N2O4S. The lowest BCUT2D eigenvalue weighted by Crippen LogP contribution is -2.36. The quantitative estimate of drug-likeness (QED) is 0.898. The van der Waals surface area contributed by atoms with Crippen molar-refractivity contribution < 1.29 is 17.9 Å². The minimum atomic E-state index is -3.33. The molecule has 1 atom stereocenters. The van der Waals surface area contributed by atoms with E-state index in [1.54, 1.807) is 0 Å². The van der Waals surface area contributed by atoms with Gasteiger partial charge in [-0.15, -0.1) is 0 Å². The predicted molar refractivity (Wildman–Crippen MR) is 74.6 cm³/mol. The molecule has 1 fully saturated rings. The van der Waals surface area contributed by atoms with E-state index >= 15 is 0 Å². The number of carbonyl (C=O) groups is 1. The first-order chi connectivity index (χ1) is 9.53. The third kappa shape index (κ3) is 3.49. The fraction of sp³-hybridized carbons (Fsp3) is 0.462. The Balaban J connectivity index is 1.86. The van der Waals surface area contributed by atoms with Crippen LogP contribution in [-0.4, -0.2) is 44.8 Å². The van der Waals surface area contributed by atoms with Crippen LogP contribution in [0.25, 0.3) is 0 Å². The van der Waals surface area contributed by atoms with Crippen LogP contribution in [0.3, 0.4) is 0 Å². The van der Waals surface area contributed by atoms with Gasteiger partial charge < -0.3 is 9.64 Å². The van der Waals surface area contributed by atoms with E-state index in [0.29, 0.717) is 13.0 Å². The first-order valence-electron chi connectivity index (χ1n) is 6.41. The number of likely N-dealkylation sites (tertiary alicyclic amines) is 1. The van der Waals surface area contributed by atoms with E-state index in [1.807, 2.05) is 30.3 Å². The third-order valence-electron chi connectivity index (χ3n) is 3.33. The lowest BCUT2D eigenvalue weighted by molar-refractivity contribution is 0.104. The summed E-state index contributed by atoms with van der Waals surface area (Å²) >= 11 is 0. The van der Waals surface area contributed by atoms with Gasteiger partial charge in [-0.1, -0.05) is 30.3 Å². The van der Waals surface area contributed by atoms with E-state index in [9.17, 15) is 13.2 Å². The fourth-order valence-corrected chi connectivity index (χ4v) is 3.25. The van der Waals surface area contributed by atoms with Crippen LogP contribution in [0.5, 0.6) is 0 Å². The van der Waals surface area contributed by atoms with Crippen molar-refractivity contribution >= 4 is 16.1 Å². The average molecular weight is 298 g/mol. The van der Waals surface area contributed by atoms with Crippen molar-refractivity contribution in [1.29, 1.82) is 0 Å². The maximum absolute atomic E-state index is 11.9. The first kappa shape index (κ1) is 14.8. The molecule has 7 heteroatoms. The van der Waals surface area contributed by atoms with Crippen LogP contribution < -0.4 is 4.72 Å². The third-order valence-corrected chi connectivity index (χ3v) is 5.16. The molecule has 1 N–H and O–H groups in total. The standard InChI is InChI=1S/C13H18N2O4S/c1-14-20(17,18)12-7-8-15(9-12)13(16)19-10-11-5-3-2-4-6-11/h2-6,12,14H,7-10H2,1H3. The van der Waals surface area contributed by atoms with Crippen LogP contribution in [0, 0.1) is 0 Å². The molecule has 1 heterocycles. The van der Waals surface area contributed by atoms with Crippen LogP contribution in [0.4, 0.5) is 4.79 Å². The highest BCUT2D eigenvalue weighted by Crippen LogP contribution is 2.17. The second-order valence-electron chi connectivity index (χ2n) is 4.65. The maximum atomic E-state index is 11.9. The van der Waals surface area contributed by atoms with E-state index in [4.69, 9.17) is 4.74 Å². The van der Waals surface area contributed by atoms with Gasteiger partial charge in [-0.2, -0.15) is 0 Å². The van der Waals surface area contributed by atoms with Gasteiger partial charge in [0.25, 0.3) is 0 Å². The number of carbonyl (C=O) groups excluding carboxylic acids is 1. The molecule has 1 amide bonds. The summed E-state index contributed by atoms with van der Waals surface area (Å²) < 4.78 is 30.8. The number of ether oxygens (including phenoxy) is 1. The monoisotopic (exact) mass is 298 g/mol. The Labute approximate surface area is 118 Å². The average Bonchev–Trinajstić information content (AvgIpc) is 2.96. The summed E-state index contributed by atoms with van der Waals surface area (Å²) in [6, 6.07) is 9.36. The van der Waals surface area contributed by atoms with Crippen molar-refractivity contribution in [1.82, 2.24) is 9.62 Å². The minimum absolute atomic E-state index is 0.177. The molecule has 1 aromatic rings. The number of nitrogens with zero attached hydrogens (tertiary/aromatic N) is 1. The Bertz CT molecular complexity index is 559. The van der Waals surface area contributed by atoms with Crippen LogP contribution >= 0.6 is 0 Å². The highest BCUT2D eigenvalue weighted by molar-refractivity contribution is 7.90. The molecular weight excluding hydrogens is 280 g/mol. The Morgan fingerprint density at radius 1 is 1.40 bits per heavy atom. The molecule has 0 aliphatic carbocycles. The van der Waals surface area contributed by atoms with Gasteiger partial charge in [-0.3, -0.25) is 0 Å². The number of amides is 1. The molecule has 1 aromatic carbocycles. The minimum Gasteiger partial charge on any atom is -0.445 e. The van der Waals surface area contributed by atoms with Crippen molar-refractivity contribution in [3.63, 3.8) is 0 Å². The van der Waals surface area contributed by atoms with E-state index in [-0.39, 0.29) is 13.2 Å². The number of hydrogen-bond acceptors (Lipinski definition) is 4. The molecule has 0 saturated carbocycles. The van der Waals surface area contributed by atoms with E-state index in [2.05, 4.69) is 4.72 Å². The van der Waals surface area contributed by atoms with Crippen molar-refractivity contribution in [3.05, 3.63) is 35.9 Å². The number of nitrogens with one attached hydrogen (secondary N) is 1.